The molecule has 0 aliphatic carbocycles. The van der Waals surface area contributed by atoms with Gasteiger partial charge in [0.1, 0.15) is 5.75 Å². The van der Waals surface area contributed by atoms with Gasteiger partial charge in [-0.3, -0.25) is 4.79 Å². The second-order valence-corrected chi connectivity index (χ2v) is 6.11. The molecule has 114 valence electrons. The molecule has 6 nitrogen and oxygen atoms in total. The molecule has 1 aromatic carbocycles. The third-order valence-corrected chi connectivity index (χ3v) is 4.86. The Labute approximate surface area is 137 Å². The van der Waals surface area contributed by atoms with Crippen molar-refractivity contribution < 1.29 is 28.5 Å². The number of carbonyl (C=O) groups is 2. The SMILES string of the molecule is CCOC(=O)C1(Br)Oc2ccc(OC(C)=O)cc2OC1Br. The summed E-state index contributed by atoms with van der Waals surface area (Å²) in [6, 6.07) is 4.58. The number of esters is 2. The second-order valence-electron chi connectivity index (χ2n) is 4.10. The van der Waals surface area contributed by atoms with Crippen molar-refractivity contribution in [1.29, 1.82) is 0 Å². The molecule has 2 atom stereocenters. The Morgan fingerprint density at radius 1 is 1.38 bits per heavy atom. The maximum Gasteiger partial charge on any atom is 0.366 e. The molecular weight excluding hydrogens is 412 g/mol. The van der Waals surface area contributed by atoms with Gasteiger partial charge < -0.3 is 18.9 Å². The molecule has 2 rings (SSSR count). The van der Waals surface area contributed by atoms with Crippen molar-refractivity contribution in [1.82, 2.24) is 0 Å². The maximum absolute atomic E-state index is 12.0. The summed E-state index contributed by atoms with van der Waals surface area (Å²) >= 11 is 6.43. The number of carbonyl (C=O) groups excluding carboxylic acids is 2. The Balaban J connectivity index is 2.28. The van der Waals surface area contributed by atoms with Gasteiger partial charge in [0.2, 0.25) is 5.01 Å². The molecule has 2 unspecified atom stereocenters. The molecule has 21 heavy (non-hydrogen) atoms. The fourth-order valence-electron chi connectivity index (χ4n) is 1.65. The van der Waals surface area contributed by atoms with Crippen molar-refractivity contribution in [2.45, 2.75) is 23.4 Å². The standard InChI is InChI=1S/C13H12Br2O6/c1-3-18-12(17)13(15)11(14)20-10-6-8(19-7(2)16)4-5-9(10)21-13/h4-6,11H,3H2,1-2H3. The smallest absolute Gasteiger partial charge is 0.366 e. The predicted octanol–water partition coefficient (Wildman–Crippen LogP) is 2.76. The van der Waals surface area contributed by atoms with Crippen molar-refractivity contribution in [3.8, 4) is 17.2 Å². The molecule has 0 fully saturated rings. The molecule has 0 saturated heterocycles. The minimum absolute atomic E-state index is 0.216. The number of hydrogen-bond donors (Lipinski definition) is 0. The summed E-state index contributed by atoms with van der Waals surface area (Å²) in [5, 5.41) is -0.816. The first-order valence-electron chi connectivity index (χ1n) is 6.05. The van der Waals surface area contributed by atoms with E-state index >= 15 is 0 Å². The number of benzene rings is 1. The number of alkyl halides is 2. The summed E-state index contributed by atoms with van der Waals surface area (Å²) < 4.78 is 19.7. The molecule has 0 saturated carbocycles. The Kier molecular flexibility index (Phi) is 4.77. The second kappa shape index (κ2) is 6.23. The summed E-state index contributed by atoms with van der Waals surface area (Å²) in [5.74, 6) is -0.0608. The Morgan fingerprint density at radius 3 is 2.71 bits per heavy atom. The molecule has 1 heterocycles. The number of halogens is 2. The molecule has 0 aromatic heterocycles. The number of fused-ring (bicyclic) bond motifs is 1. The lowest BCUT2D eigenvalue weighted by molar-refractivity contribution is -0.157. The zero-order valence-corrected chi connectivity index (χ0v) is 14.4. The fourth-order valence-corrected chi connectivity index (χ4v) is 2.52. The highest BCUT2D eigenvalue weighted by Crippen LogP contribution is 2.45. The summed E-state index contributed by atoms with van der Waals surface area (Å²) in [6.45, 7) is 3.21. The van der Waals surface area contributed by atoms with Crippen LogP contribution in [-0.4, -0.2) is 28.1 Å². The van der Waals surface area contributed by atoms with Gasteiger partial charge in [0.15, 0.2) is 11.5 Å². The molecule has 0 N–H and O–H groups in total. The van der Waals surface area contributed by atoms with Gasteiger partial charge in [-0.25, -0.2) is 4.79 Å². The van der Waals surface area contributed by atoms with Crippen LogP contribution in [0.25, 0.3) is 0 Å². The zero-order chi connectivity index (χ0) is 15.6. The van der Waals surface area contributed by atoms with E-state index in [4.69, 9.17) is 18.9 Å². The summed E-state index contributed by atoms with van der Waals surface area (Å²) in [4.78, 5) is 22.9. The number of rotatable bonds is 3. The quantitative estimate of drug-likeness (QED) is 0.423. The lowest BCUT2D eigenvalue weighted by Gasteiger charge is -2.35. The highest BCUT2D eigenvalue weighted by Gasteiger charge is 2.51. The third-order valence-electron chi connectivity index (χ3n) is 2.51. The van der Waals surface area contributed by atoms with E-state index < -0.39 is 21.5 Å². The first-order chi connectivity index (χ1) is 9.86. The van der Waals surface area contributed by atoms with Crippen LogP contribution in [0.15, 0.2) is 18.2 Å². The van der Waals surface area contributed by atoms with E-state index in [0.717, 1.165) is 0 Å². The largest absolute Gasteiger partial charge is 0.469 e. The van der Waals surface area contributed by atoms with E-state index in [-0.39, 0.29) is 6.61 Å². The van der Waals surface area contributed by atoms with Gasteiger partial charge in [0.05, 0.1) is 6.61 Å². The van der Waals surface area contributed by atoms with Crippen molar-refractivity contribution in [2.24, 2.45) is 0 Å². The van der Waals surface area contributed by atoms with Crippen LogP contribution in [0.3, 0.4) is 0 Å². The van der Waals surface area contributed by atoms with Crippen LogP contribution in [0.5, 0.6) is 17.2 Å². The average molecular weight is 424 g/mol. The van der Waals surface area contributed by atoms with Crippen LogP contribution < -0.4 is 14.2 Å². The van der Waals surface area contributed by atoms with Gasteiger partial charge in [-0.05, 0) is 50.9 Å². The summed E-state index contributed by atoms with van der Waals surface area (Å²) in [5.41, 5.74) is 0. The molecule has 8 heteroatoms. The van der Waals surface area contributed by atoms with Crippen molar-refractivity contribution in [2.75, 3.05) is 6.61 Å². The first kappa shape index (κ1) is 16.1. The van der Waals surface area contributed by atoms with Gasteiger partial charge in [0.25, 0.3) is 0 Å². The Hall–Kier alpha value is -1.28. The topological polar surface area (TPSA) is 71.1 Å². The van der Waals surface area contributed by atoms with Gasteiger partial charge in [-0.1, -0.05) is 0 Å². The minimum atomic E-state index is -1.49. The molecular formula is C13H12Br2O6. The van der Waals surface area contributed by atoms with Gasteiger partial charge in [-0.2, -0.15) is 0 Å². The van der Waals surface area contributed by atoms with Crippen molar-refractivity contribution in [3.63, 3.8) is 0 Å². The van der Waals surface area contributed by atoms with Crippen LogP contribution in [0.1, 0.15) is 13.8 Å². The van der Waals surface area contributed by atoms with E-state index in [9.17, 15) is 9.59 Å². The molecule has 0 spiro atoms. The molecule has 1 aliphatic heterocycles. The fraction of sp³-hybridized carbons (Fsp3) is 0.385. The van der Waals surface area contributed by atoms with Crippen LogP contribution >= 0.6 is 31.9 Å². The van der Waals surface area contributed by atoms with E-state index in [1.54, 1.807) is 13.0 Å². The molecule has 0 amide bonds. The van der Waals surface area contributed by atoms with E-state index in [2.05, 4.69) is 31.9 Å². The lowest BCUT2D eigenvalue weighted by Crippen LogP contribution is -2.52. The van der Waals surface area contributed by atoms with E-state index in [1.807, 2.05) is 0 Å². The molecule has 0 bridgehead atoms. The number of hydrogen-bond acceptors (Lipinski definition) is 6. The first-order valence-corrected chi connectivity index (χ1v) is 7.76. The van der Waals surface area contributed by atoms with Crippen LogP contribution in [0.4, 0.5) is 0 Å². The Bertz CT molecular complexity index is 576. The summed E-state index contributed by atoms with van der Waals surface area (Å²) in [6.07, 6.45) is 0. The highest BCUT2D eigenvalue weighted by atomic mass is 79.9. The monoisotopic (exact) mass is 422 g/mol. The minimum Gasteiger partial charge on any atom is -0.469 e. The predicted molar refractivity (Wildman–Crippen MR) is 80.0 cm³/mol. The molecule has 0 radical (unpaired) electrons. The van der Waals surface area contributed by atoms with Crippen LogP contribution in [0.2, 0.25) is 0 Å². The highest BCUT2D eigenvalue weighted by molar-refractivity contribution is 9.12. The van der Waals surface area contributed by atoms with Crippen LogP contribution in [-0.2, 0) is 14.3 Å². The zero-order valence-electron chi connectivity index (χ0n) is 11.2. The maximum atomic E-state index is 12.0. The van der Waals surface area contributed by atoms with Crippen LogP contribution in [0, 0.1) is 0 Å². The molecule has 1 aliphatic rings. The van der Waals surface area contributed by atoms with Gasteiger partial charge >= 0.3 is 16.4 Å². The van der Waals surface area contributed by atoms with Gasteiger partial charge in [-0.15, -0.1) is 0 Å². The summed E-state index contributed by atoms with van der Waals surface area (Å²) in [7, 11) is 0. The van der Waals surface area contributed by atoms with Crippen molar-refractivity contribution in [3.05, 3.63) is 18.2 Å². The van der Waals surface area contributed by atoms with E-state index in [0.29, 0.717) is 17.2 Å². The lowest BCUT2D eigenvalue weighted by atomic mass is 10.2. The third kappa shape index (κ3) is 3.32. The molecule has 1 aromatic rings. The van der Waals surface area contributed by atoms with Gasteiger partial charge in [0, 0.05) is 13.0 Å². The average Bonchev–Trinajstić information content (AvgIpc) is 2.40. The Morgan fingerprint density at radius 2 is 2.10 bits per heavy atom. The van der Waals surface area contributed by atoms with Crippen molar-refractivity contribution >= 4 is 43.8 Å². The number of ether oxygens (including phenoxy) is 4. The van der Waals surface area contributed by atoms with E-state index in [1.165, 1.54) is 19.1 Å². The normalized spacial score (nSPS) is 23.3.